The van der Waals surface area contributed by atoms with Gasteiger partial charge in [-0.2, -0.15) is 0 Å². The van der Waals surface area contributed by atoms with Gasteiger partial charge in [-0.05, 0) is 259 Å². The van der Waals surface area contributed by atoms with E-state index in [0.717, 1.165) is 41.4 Å². The van der Waals surface area contributed by atoms with Crippen LogP contribution in [0.4, 0.5) is 0 Å². The second kappa shape index (κ2) is 71.6. The molecule has 0 heterocycles. The predicted octanol–water partition coefficient (Wildman–Crippen LogP) is 42.5. The van der Waals surface area contributed by atoms with E-state index in [4.69, 9.17) is 0 Å². The Morgan fingerprint density at radius 2 is 0.524 bits per heavy atom. The van der Waals surface area contributed by atoms with E-state index in [1.165, 1.54) is 136 Å². The Balaban J connectivity index is 0.000000329. The van der Waals surface area contributed by atoms with Gasteiger partial charge in [0.2, 0.25) is 0 Å². The maximum atomic E-state index is 3.39. The highest BCUT2D eigenvalue weighted by molar-refractivity contribution is 9.10. The summed E-state index contributed by atoms with van der Waals surface area (Å²) in [5, 5.41) is 0. The Morgan fingerprint density at radius 3 is 0.790 bits per heavy atom. The van der Waals surface area contributed by atoms with Crippen molar-refractivity contribution >= 4 is 28.1 Å². The van der Waals surface area contributed by atoms with E-state index < -0.39 is 0 Å². The van der Waals surface area contributed by atoms with Crippen molar-refractivity contribution < 1.29 is 0 Å². The normalized spacial score (nSPS) is 10.6. The summed E-state index contributed by atoms with van der Waals surface area (Å²) in [6.45, 7) is 62.7. The van der Waals surface area contributed by atoms with Crippen LogP contribution < -0.4 is 0 Å². The van der Waals surface area contributed by atoms with Crippen molar-refractivity contribution in [1.29, 1.82) is 0 Å². The van der Waals surface area contributed by atoms with Gasteiger partial charge in [-0.15, -0.1) is 0 Å². The molecule has 0 amide bonds. The summed E-state index contributed by atoms with van der Waals surface area (Å²) >= 11 is 3.39. The number of hydrogen-bond donors (Lipinski definition) is 0. The molecule has 0 aliphatic rings. The smallest absolute Gasteiger partial charge is 0.0245 e. The summed E-state index contributed by atoms with van der Waals surface area (Å²) in [7, 11) is 4.15. The molecule has 0 fully saturated rings. The standard InChI is InChI=1S/3C15H16.C15H20.C14H21N.C13H20.C13H18.C13H16.C10H14.C9H11Br.C9H12/c3*1-12(2)13-8-10-15(11-9-13)14-6-4-3-5-7-14;1-12(2)6-5-7-14-8-10-15(11-9-14)13(3)4;1-12(2)14-9-7-13(8-10-14)6-5-11-15(3)4;3*1-4-5-6-12-7-9-13(10-8-12)11(2)3;1-8(2)10-6-4-5-9(3)7-10;1-7(2)8-3-5-9(10)6-4-8;1-8(2)9-6-4-3-5-7-9/h3*3-12H,1-2H3;8-13H,6H2,1-4H3;5-10,12H,11H2,1-4H3;7-11H,4-6H2,1-3H3;5-11H,4H2,1-3H3;7-11H,4H2,1-3H3;4-8H,1-3H3;3-7H,1-2H3;3-8H,1-2H3/b;;;;6-5-;;6-5+;;;;. The van der Waals surface area contributed by atoms with Crippen LogP contribution in [0.15, 0.2) is 381 Å². The third-order valence-electron chi connectivity index (χ3n) is 24.1. The third-order valence-corrected chi connectivity index (χ3v) is 24.6. The van der Waals surface area contributed by atoms with E-state index >= 15 is 0 Å². The first-order valence-corrected chi connectivity index (χ1v) is 54.0. The molecule has 0 aliphatic carbocycles. The molecule has 0 aromatic heterocycles. The topological polar surface area (TPSA) is 3.24 Å². The molecule has 14 rings (SSSR count). The van der Waals surface area contributed by atoms with Gasteiger partial charge >= 0.3 is 0 Å². The van der Waals surface area contributed by atoms with Crippen molar-refractivity contribution in [3.63, 3.8) is 0 Å². The molecule has 0 saturated heterocycles. The van der Waals surface area contributed by atoms with Crippen molar-refractivity contribution in [3.8, 4) is 57.1 Å². The zero-order valence-electron chi connectivity index (χ0n) is 93.7. The maximum Gasteiger partial charge on any atom is 0.0245 e. The van der Waals surface area contributed by atoms with Crippen LogP contribution in [-0.2, 0) is 6.42 Å². The lowest BCUT2D eigenvalue weighted by Gasteiger charge is -2.06. The number of unbranched alkanes of at least 4 members (excludes halogenated alkanes) is 1. The quantitative estimate of drug-likeness (QED) is 0.0577. The fourth-order valence-electron chi connectivity index (χ4n) is 14.3. The summed E-state index contributed by atoms with van der Waals surface area (Å²) in [4.78, 5) is 2.15. The molecule has 2 heteroatoms. The summed E-state index contributed by atoms with van der Waals surface area (Å²) < 4.78 is 1.15. The Labute approximate surface area is 882 Å². The molecule has 14 aromatic carbocycles. The first-order chi connectivity index (χ1) is 68.4. The third kappa shape index (κ3) is 53.3. The van der Waals surface area contributed by atoms with Crippen molar-refractivity contribution in [1.82, 2.24) is 4.90 Å². The molecule has 0 aliphatic heterocycles. The monoisotopic (exact) mass is 1970 g/mol. The minimum Gasteiger partial charge on any atom is -0.306 e. The second-order valence-electron chi connectivity index (χ2n) is 41.0. The van der Waals surface area contributed by atoms with Crippen LogP contribution in [0.25, 0.3) is 45.5 Å². The zero-order chi connectivity index (χ0) is 105. The van der Waals surface area contributed by atoms with Gasteiger partial charge in [0.15, 0.2) is 0 Å². The number of hydrogen-bond acceptors (Lipinski definition) is 1. The summed E-state index contributed by atoms with van der Waals surface area (Å²) in [5.41, 5.74) is 30.8. The van der Waals surface area contributed by atoms with E-state index in [1.54, 1.807) is 0 Å². The van der Waals surface area contributed by atoms with Crippen LogP contribution in [0.2, 0.25) is 0 Å². The number of nitrogens with zero attached hydrogens (tertiary/aromatic N) is 1. The number of benzene rings is 14. The van der Waals surface area contributed by atoms with Crippen molar-refractivity contribution in [2.24, 2.45) is 5.92 Å². The fourth-order valence-corrected chi connectivity index (χ4v) is 14.6. The lowest BCUT2D eigenvalue weighted by molar-refractivity contribution is 0.457. The molecule has 0 spiro atoms. The second-order valence-corrected chi connectivity index (χ2v) is 41.9. The highest BCUT2D eigenvalue weighted by atomic mass is 79.9. The van der Waals surface area contributed by atoms with Gasteiger partial charge in [-0.3, -0.25) is 0 Å². The van der Waals surface area contributed by atoms with Gasteiger partial charge < -0.3 is 4.90 Å². The van der Waals surface area contributed by atoms with E-state index in [9.17, 15) is 0 Å². The van der Waals surface area contributed by atoms with Gasteiger partial charge in [0.05, 0.1) is 0 Å². The highest BCUT2D eigenvalue weighted by Crippen LogP contribution is 2.29. The van der Waals surface area contributed by atoms with Gasteiger partial charge in [0.25, 0.3) is 0 Å². The molecule has 756 valence electrons. The molecule has 1 nitrogen and oxygen atoms in total. The average molecular weight is 1970 g/mol. The molecule has 14 aromatic rings. The van der Waals surface area contributed by atoms with Crippen LogP contribution in [0.1, 0.15) is 379 Å². The van der Waals surface area contributed by atoms with E-state index in [1.807, 2.05) is 24.3 Å². The highest BCUT2D eigenvalue weighted by Gasteiger charge is 2.08. The van der Waals surface area contributed by atoms with E-state index in [2.05, 4.69) is 616 Å². The first kappa shape index (κ1) is 123. The molecule has 0 bridgehead atoms. The molecule has 0 atom stereocenters. The average Bonchev–Trinajstić information content (AvgIpc) is 0.807. The minimum absolute atomic E-state index is 0.600. The maximum absolute atomic E-state index is 3.39. The van der Waals surface area contributed by atoms with Gasteiger partial charge in [-0.25, -0.2) is 0 Å². The molecule has 143 heavy (non-hydrogen) atoms. The van der Waals surface area contributed by atoms with Gasteiger partial charge in [0, 0.05) is 35.0 Å². The Bertz CT molecular complexity index is 5560. The predicted molar refractivity (Wildman–Crippen MR) is 644 cm³/mol. The molecule has 0 radical (unpaired) electrons. The lowest BCUT2D eigenvalue weighted by Crippen LogP contribution is -2.10. The fraction of sp³-hybridized carbons (Fsp3) is 0.348. The SMILES string of the molecule is CC(C)CC#Cc1ccc(C(C)C)cc1.CC(C)c1ccc(-c2ccccc2)cc1.CC(C)c1ccc(-c2ccccc2)cc1.CC(C)c1ccc(-c2ccccc2)cc1.CC(C)c1ccc(/C=C\CN(C)C)cc1.CC(C)c1ccc(Br)cc1.CC(C)c1ccccc1.CC/C=C/c1ccc(C(C)C)cc1.CCC#Cc1ccc(C(C)C)cc1.CCCCc1ccc(C(C)C)cc1.Cc1cccc(C(C)C)c1. The number of likely N-dealkylation sites (N-methyl/N-ethyl adjacent to an activating group) is 1. The van der Waals surface area contributed by atoms with Crippen LogP contribution in [0, 0.1) is 36.5 Å². The van der Waals surface area contributed by atoms with E-state index in [-0.39, 0.29) is 0 Å². The zero-order valence-corrected chi connectivity index (χ0v) is 95.2. The molecular weight excluding hydrogens is 1790 g/mol. The Morgan fingerprint density at radius 1 is 0.266 bits per heavy atom. The number of halogens is 1. The molecule has 0 saturated carbocycles. The van der Waals surface area contributed by atoms with Crippen molar-refractivity contribution in [2.45, 2.75) is 297 Å². The Kier molecular flexibility index (Phi) is 61.8. The Hall–Kier alpha value is -11.9. The number of rotatable bonds is 23. The minimum atomic E-state index is 0.600. The summed E-state index contributed by atoms with van der Waals surface area (Å²) in [6.07, 6.45) is 15.5. The van der Waals surface area contributed by atoms with Gasteiger partial charge in [-0.1, -0.05) is 590 Å². The molecular formula is C141H180BrN. The van der Waals surface area contributed by atoms with Crippen LogP contribution in [0.5, 0.6) is 0 Å². The van der Waals surface area contributed by atoms with E-state index in [0.29, 0.717) is 71.0 Å². The van der Waals surface area contributed by atoms with Gasteiger partial charge in [0.1, 0.15) is 0 Å². The first-order valence-electron chi connectivity index (χ1n) is 53.2. The number of aryl methyl sites for hydroxylation is 2. The summed E-state index contributed by atoms with van der Waals surface area (Å²) in [6, 6.07) is 129. The van der Waals surface area contributed by atoms with Crippen molar-refractivity contribution in [2.75, 3.05) is 20.6 Å². The van der Waals surface area contributed by atoms with Crippen molar-refractivity contribution in [3.05, 3.63) is 475 Å². The van der Waals surface area contributed by atoms with Crippen LogP contribution in [-0.4, -0.2) is 25.5 Å². The summed E-state index contributed by atoms with van der Waals surface area (Å²) in [5.74, 6) is 20.1. The molecule has 0 N–H and O–H groups in total. The largest absolute Gasteiger partial charge is 0.306 e. The lowest BCUT2D eigenvalue weighted by atomic mass is 9.99. The molecule has 0 unspecified atom stereocenters. The van der Waals surface area contributed by atoms with Crippen LogP contribution >= 0.6 is 15.9 Å². The van der Waals surface area contributed by atoms with Crippen LogP contribution in [0.3, 0.4) is 0 Å². The number of allylic oxidation sites excluding steroid dienone is 1.